The van der Waals surface area contributed by atoms with E-state index >= 15 is 0 Å². The Morgan fingerprint density at radius 2 is 1.41 bits per heavy atom. The van der Waals surface area contributed by atoms with Crippen molar-refractivity contribution < 1.29 is 9.59 Å². The Bertz CT molecular complexity index is 956. The van der Waals surface area contributed by atoms with Gasteiger partial charge in [-0.2, -0.15) is 0 Å². The van der Waals surface area contributed by atoms with Crippen molar-refractivity contribution in [2.45, 2.75) is 19.3 Å². The fourth-order valence-electron chi connectivity index (χ4n) is 2.97. The van der Waals surface area contributed by atoms with Gasteiger partial charge in [0.1, 0.15) is 0 Å². The van der Waals surface area contributed by atoms with Gasteiger partial charge in [-0.15, -0.1) is 0 Å². The third kappa shape index (κ3) is 6.47. The molecule has 0 heterocycles. The van der Waals surface area contributed by atoms with E-state index in [1.807, 2.05) is 54.6 Å². The van der Waals surface area contributed by atoms with Gasteiger partial charge < -0.3 is 10.6 Å². The number of nitrogens with one attached hydrogen (secondary N) is 2. The summed E-state index contributed by atoms with van der Waals surface area (Å²) in [7, 11) is 0. The molecule has 0 spiro atoms. The average Bonchev–Trinajstić information content (AvgIpc) is 2.74. The van der Waals surface area contributed by atoms with Gasteiger partial charge in [-0.05, 0) is 48.2 Å². The molecule has 5 heteroatoms. The van der Waals surface area contributed by atoms with E-state index in [-0.39, 0.29) is 11.8 Å². The second-order valence-electron chi connectivity index (χ2n) is 6.71. The van der Waals surface area contributed by atoms with Gasteiger partial charge in [0.15, 0.2) is 0 Å². The Hall–Kier alpha value is -3.11. The van der Waals surface area contributed by atoms with Crippen LogP contribution in [-0.4, -0.2) is 18.4 Å². The Morgan fingerprint density at radius 1 is 0.759 bits per heavy atom. The molecule has 29 heavy (non-hydrogen) atoms. The first-order valence-electron chi connectivity index (χ1n) is 9.57. The number of hydrogen-bond acceptors (Lipinski definition) is 2. The zero-order valence-electron chi connectivity index (χ0n) is 16.0. The molecule has 0 radical (unpaired) electrons. The molecule has 0 aromatic heterocycles. The van der Waals surface area contributed by atoms with Crippen LogP contribution in [0, 0.1) is 0 Å². The number of carbonyl (C=O) groups is 2. The van der Waals surface area contributed by atoms with Crippen molar-refractivity contribution in [2.24, 2.45) is 0 Å². The average molecular weight is 407 g/mol. The van der Waals surface area contributed by atoms with Crippen LogP contribution in [0.3, 0.4) is 0 Å². The molecule has 3 aromatic carbocycles. The Morgan fingerprint density at radius 3 is 2.17 bits per heavy atom. The van der Waals surface area contributed by atoms with Gasteiger partial charge in [0.05, 0.1) is 11.3 Å². The zero-order chi connectivity index (χ0) is 20.5. The molecule has 148 valence electrons. The second kappa shape index (κ2) is 10.4. The summed E-state index contributed by atoms with van der Waals surface area (Å²) in [6, 6.07) is 24.5. The van der Waals surface area contributed by atoms with Gasteiger partial charge in [0.25, 0.3) is 5.91 Å². The fourth-order valence-corrected chi connectivity index (χ4v) is 3.10. The minimum absolute atomic E-state index is 0.135. The molecule has 0 saturated heterocycles. The van der Waals surface area contributed by atoms with Gasteiger partial charge in [-0.1, -0.05) is 66.2 Å². The summed E-state index contributed by atoms with van der Waals surface area (Å²) in [5.74, 6) is -0.334. The van der Waals surface area contributed by atoms with E-state index in [4.69, 9.17) is 11.6 Å². The van der Waals surface area contributed by atoms with Crippen molar-refractivity contribution in [3.05, 3.63) is 101 Å². The van der Waals surface area contributed by atoms with Crippen LogP contribution in [0.15, 0.2) is 78.9 Å². The summed E-state index contributed by atoms with van der Waals surface area (Å²) < 4.78 is 0. The lowest BCUT2D eigenvalue weighted by Crippen LogP contribution is -2.27. The van der Waals surface area contributed by atoms with Crippen LogP contribution in [0.2, 0.25) is 5.02 Å². The maximum absolute atomic E-state index is 12.6. The summed E-state index contributed by atoms with van der Waals surface area (Å²) >= 11 is 5.88. The molecule has 2 amide bonds. The van der Waals surface area contributed by atoms with Crippen molar-refractivity contribution >= 4 is 29.1 Å². The number of halogens is 1. The number of hydrogen-bond donors (Lipinski definition) is 2. The summed E-state index contributed by atoms with van der Waals surface area (Å²) in [6.45, 7) is 0.529. The third-order valence-corrected chi connectivity index (χ3v) is 4.79. The molecule has 0 bridgehead atoms. The number of benzene rings is 3. The first kappa shape index (κ1) is 20.6. The van der Waals surface area contributed by atoms with Crippen LogP contribution in [0.4, 0.5) is 5.69 Å². The van der Waals surface area contributed by atoms with Crippen LogP contribution in [0.5, 0.6) is 0 Å². The largest absolute Gasteiger partial charge is 0.352 e. The number of anilines is 1. The molecule has 3 rings (SSSR count). The molecule has 0 fully saturated rings. The van der Waals surface area contributed by atoms with E-state index in [1.165, 1.54) is 0 Å². The van der Waals surface area contributed by atoms with E-state index in [0.717, 1.165) is 17.5 Å². The number of aryl methyl sites for hydroxylation is 1. The molecular weight excluding hydrogens is 384 g/mol. The SMILES string of the molecule is O=C(CCc1ccc(Cl)cc1)Nc1ccccc1C(=O)NCCc1ccccc1. The lowest BCUT2D eigenvalue weighted by Gasteiger charge is -2.12. The predicted octanol–water partition coefficient (Wildman–Crippen LogP) is 4.88. The highest BCUT2D eigenvalue weighted by molar-refractivity contribution is 6.30. The lowest BCUT2D eigenvalue weighted by molar-refractivity contribution is -0.116. The first-order chi connectivity index (χ1) is 14.1. The fraction of sp³-hybridized carbons (Fsp3) is 0.167. The van der Waals surface area contributed by atoms with Gasteiger partial charge in [0, 0.05) is 18.0 Å². The molecular formula is C24H23ClN2O2. The monoisotopic (exact) mass is 406 g/mol. The molecule has 3 aromatic rings. The Labute approximate surface area is 175 Å². The highest BCUT2D eigenvalue weighted by Gasteiger charge is 2.13. The summed E-state index contributed by atoms with van der Waals surface area (Å²) in [5.41, 5.74) is 3.18. The minimum Gasteiger partial charge on any atom is -0.352 e. The van der Waals surface area contributed by atoms with Crippen molar-refractivity contribution in [2.75, 3.05) is 11.9 Å². The summed E-state index contributed by atoms with van der Waals surface area (Å²) in [4.78, 5) is 24.9. The van der Waals surface area contributed by atoms with E-state index in [1.54, 1.807) is 24.3 Å². The van der Waals surface area contributed by atoms with Gasteiger partial charge in [-0.3, -0.25) is 9.59 Å². The topological polar surface area (TPSA) is 58.2 Å². The van der Waals surface area contributed by atoms with E-state index < -0.39 is 0 Å². The standard InChI is InChI=1S/C24H23ClN2O2/c25-20-13-10-19(11-14-20)12-15-23(28)27-22-9-5-4-8-21(22)24(29)26-17-16-18-6-2-1-3-7-18/h1-11,13-14H,12,15-17H2,(H,26,29)(H,27,28). The predicted molar refractivity (Wildman–Crippen MR) is 117 cm³/mol. The molecule has 0 aliphatic heterocycles. The maximum atomic E-state index is 12.6. The van der Waals surface area contributed by atoms with Crippen LogP contribution in [0.25, 0.3) is 0 Å². The molecule has 0 aliphatic rings. The van der Waals surface area contributed by atoms with Gasteiger partial charge >= 0.3 is 0 Å². The molecule has 2 N–H and O–H groups in total. The number of carbonyl (C=O) groups excluding carboxylic acids is 2. The second-order valence-corrected chi connectivity index (χ2v) is 7.15. The van der Waals surface area contributed by atoms with E-state index in [2.05, 4.69) is 10.6 Å². The van der Waals surface area contributed by atoms with Gasteiger partial charge in [-0.25, -0.2) is 0 Å². The van der Waals surface area contributed by atoms with Gasteiger partial charge in [0.2, 0.25) is 5.91 Å². The normalized spacial score (nSPS) is 10.4. The smallest absolute Gasteiger partial charge is 0.253 e. The minimum atomic E-state index is -0.200. The van der Waals surface area contributed by atoms with E-state index in [9.17, 15) is 9.59 Å². The quantitative estimate of drug-likeness (QED) is 0.560. The summed E-state index contributed by atoms with van der Waals surface area (Å²) in [6.07, 6.45) is 1.68. The van der Waals surface area contributed by atoms with Crippen molar-refractivity contribution in [1.82, 2.24) is 5.32 Å². The number of para-hydroxylation sites is 1. The van der Waals surface area contributed by atoms with Crippen molar-refractivity contribution in [1.29, 1.82) is 0 Å². The number of rotatable bonds is 8. The van der Waals surface area contributed by atoms with Crippen molar-refractivity contribution in [3.8, 4) is 0 Å². The summed E-state index contributed by atoms with van der Waals surface area (Å²) in [5, 5.41) is 6.45. The van der Waals surface area contributed by atoms with Crippen LogP contribution in [-0.2, 0) is 17.6 Å². The third-order valence-electron chi connectivity index (χ3n) is 4.54. The number of amides is 2. The zero-order valence-corrected chi connectivity index (χ0v) is 16.8. The molecule has 0 atom stereocenters. The Kier molecular flexibility index (Phi) is 7.42. The molecule has 0 aliphatic carbocycles. The van der Waals surface area contributed by atoms with Crippen LogP contribution >= 0.6 is 11.6 Å². The lowest BCUT2D eigenvalue weighted by atomic mass is 10.1. The molecule has 0 unspecified atom stereocenters. The van der Waals surface area contributed by atoms with Crippen LogP contribution < -0.4 is 10.6 Å². The van der Waals surface area contributed by atoms with Crippen molar-refractivity contribution in [3.63, 3.8) is 0 Å². The maximum Gasteiger partial charge on any atom is 0.253 e. The highest BCUT2D eigenvalue weighted by atomic mass is 35.5. The van der Waals surface area contributed by atoms with Crippen LogP contribution in [0.1, 0.15) is 27.9 Å². The molecule has 0 saturated carbocycles. The Balaban J connectivity index is 1.54. The van der Waals surface area contributed by atoms with E-state index in [0.29, 0.717) is 35.7 Å². The highest BCUT2D eigenvalue weighted by Crippen LogP contribution is 2.16. The first-order valence-corrected chi connectivity index (χ1v) is 9.95. The molecule has 4 nitrogen and oxygen atoms in total.